The van der Waals surface area contributed by atoms with Gasteiger partial charge in [-0.1, -0.05) is 6.92 Å². The maximum Gasteiger partial charge on any atom is 0.306 e. The monoisotopic (exact) mass is 281 g/mol. The van der Waals surface area contributed by atoms with Crippen LogP contribution in [-0.2, 0) is 16.0 Å². The van der Waals surface area contributed by atoms with Crippen molar-refractivity contribution in [2.75, 3.05) is 19.7 Å². The summed E-state index contributed by atoms with van der Waals surface area (Å²) in [5, 5.41) is 4.13. The molecule has 1 fully saturated rings. The first-order valence-corrected chi connectivity index (χ1v) is 8.14. The molecule has 19 heavy (non-hydrogen) atoms. The molecule has 0 N–H and O–H groups in total. The van der Waals surface area contributed by atoms with Crippen LogP contribution in [0.25, 0.3) is 0 Å². The largest absolute Gasteiger partial charge is 0.464 e. The van der Waals surface area contributed by atoms with Crippen LogP contribution < -0.4 is 0 Å². The molecule has 1 unspecified atom stereocenters. The molecule has 0 amide bonds. The third kappa shape index (κ3) is 4.62. The summed E-state index contributed by atoms with van der Waals surface area (Å²) in [7, 11) is 0. The van der Waals surface area contributed by atoms with Crippen molar-refractivity contribution in [1.82, 2.24) is 4.90 Å². The molecule has 1 atom stereocenters. The fourth-order valence-corrected chi connectivity index (χ4v) is 3.31. The van der Waals surface area contributed by atoms with Crippen LogP contribution in [0.4, 0.5) is 0 Å². The summed E-state index contributed by atoms with van der Waals surface area (Å²) in [6.07, 6.45) is 4.86. The molecular formula is C15H23NO2S. The predicted octanol–water partition coefficient (Wildman–Crippen LogP) is 3.10. The molecule has 1 aromatic heterocycles. The van der Waals surface area contributed by atoms with Crippen molar-refractivity contribution in [2.24, 2.45) is 0 Å². The third-order valence-electron chi connectivity index (χ3n) is 3.64. The summed E-state index contributed by atoms with van der Waals surface area (Å²) in [5.41, 5.74) is 1.23. The lowest BCUT2D eigenvalue weighted by atomic mass is 10.2. The highest BCUT2D eigenvalue weighted by Gasteiger charge is 2.24. The lowest BCUT2D eigenvalue weighted by Crippen LogP contribution is -2.34. The molecule has 0 saturated carbocycles. The van der Waals surface area contributed by atoms with Gasteiger partial charge in [-0.3, -0.25) is 9.69 Å². The first-order chi connectivity index (χ1) is 9.29. The Kier molecular flexibility index (Phi) is 5.86. The molecule has 2 heterocycles. The van der Waals surface area contributed by atoms with Crippen molar-refractivity contribution in [3.8, 4) is 0 Å². The molecule has 0 spiro atoms. The maximum absolute atomic E-state index is 11.7. The van der Waals surface area contributed by atoms with Gasteiger partial charge in [-0.25, -0.2) is 0 Å². The van der Waals surface area contributed by atoms with E-state index in [1.807, 2.05) is 5.38 Å². The highest BCUT2D eigenvalue weighted by molar-refractivity contribution is 7.07. The maximum atomic E-state index is 11.7. The Balaban J connectivity index is 1.65. The highest BCUT2D eigenvalue weighted by atomic mass is 32.1. The molecule has 1 aliphatic rings. The Bertz CT molecular complexity index is 378. The first kappa shape index (κ1) is 14.5. The molecule has 2 rings (SSSR count). The molecule has 0 bridgehead atoms. The van der Waals surface area contributed by atoms with Crippen LogP contribution in [0.5, 0.6) is 0 Å². The number of ether oxygens (including phenoxy) is 1. The summed E-state index contributed by atoms with van der Waals surface area (Å²) in [4.78, 5) is 14.2. The van der Waals surface area contributed by atoms with E-state index in [9.17, 15) is 4.79 Å². The molecule has 1 saturated heterocycles. The van der Waals surface area contributed by atoms with E-state index in [0.29, 0.717) is 19.1 Å². The summed E-state index contributed by atoms with van der Waals surface area (Å²) in [5.74, 6) is -0.0606. The van der Waals surface area contributed by atoms with Gasteiger partial charge in [-0.15, -0.1) is 0 Å². The van der Waals surface area contributed by atoms with Gasteiger partial charge in [0.15, 0.2) is 0 Å². The Hall–Kier alpha value is -0.870. The fourth-order valence-electron chi connectivity index (χ4n) is 2.61. The average Bonchev–Trinajstić information content (AvgIpc) is 3.06. The van der Waals surface area contributed by atoms with E-state index >= 15 is 0 Å². The second kappa shape index (κ2) is 7.65. The van der Waals surface area contributed by atoms with Crippen LogP contribution in [0.1, 0.15) is 38.2 Å². The first-order valence-electron chi connectivity index (χ1n) is 7.20. The Labute approximate surface area is 119 Å². The molecule has 1 aliphatic heterocycles. The van der Waals surface area contributed by atoms with Gasteiger partial charge >= 0.3 is 5.97 Å². The number of aryl methyl sites for hydroxylation is 1. The second-order valence-corrected chi connectivity index (χ2v) is 5.93. The number of thiophene rings is 1. The SMILES string of the molecule is CCCN1CCCC1COC(=O)CCc1ccsc1. The van der Waals surface area contributed by atoms with Crippen LogP contribution in [0.3, 0.4) is 0 Å². The Morgan fingerprint density at radius 3 is 3.21 bits per heavy atom. The van der Waals surface area contributed by atoms with Crippen LogP contribution in [0.15, 0.2) is 16.8 Å². The molecule has 106 valence electrons. The summed E-state index contributed by atoms with van der Waals surface area (Å²) in [6.45, 7) is 5.05. The molecule has 0 aromatic carbocycles. The zero-order chi connectivity index (χ0) is 13.5. The summed E-state index contributed by atoms with van der Waals surface area (Å²) in [6, 6.07) is 2.52. The predicted molar refractivity (Wildman–Crippen MR) is 78.5 cm³/mol. The smallest absolute Gasteiger partial charge is 0.306 e. The number of hydrogen-bond donors (Lipinski definition) is 0. The average molecular weight is 281 g/mol. The van der Waals surface area contributed by atoms with E-state index in [1.54, 1.807) is 11.3 Å². The molecule has 0 radical (unpaired) electrons. The van der Waals surface area contributed by atoms with Crippen LogP contribution in [-0.4, -0.2) is 36.6 Å². The van der Waals surface area contributed by atoms with Gasteiger partial charge < -0.3 is 4.74 Å². The Morgan fingerprint density at radius 1 is 1.58 bits per heavy atom. The van der Waals surface area contributed by atoms with E-state index in [2.05, 4.69) is 23.3 Å². The van der Waals surface area contributed by atoms with Crippen LogP contribution in [0.2, 0.25) is 0 Å². The minimum absolute atomic E-state index is 0.0606. The lowest BCUT2D eigenvalue weighted by Gasteiger charge is -2.23. The number of nitrogens with zero attached hydrogens (tertiary/aromatic N) is 1. The summed E-state index contributed by atoms with van der Waals surface area (Å²) >= 11 is 1.67. The zero-order valence-corrected chi connectivity index (χ0v) is 12.5. The van der Waals surface area contributed by atoms with Gasteiger partial charge in [-0.05, 0) is 61.2 Å². The van der Waals surface area contributed by atoms with Gasteiger partial charge in [0.05, 0.1) is 0 Å². The van der Waals surface area contributed by atoms with Gasteiger partial charge in [-0.2, -0.15) is 11.3 Å². The van der Waals surface area contributed by atoms with Crippen LogP contribution >= 0.6 is 11.3 Å². The van der Waals surface area contributed by atoms with Gasteiger partial charge in [0.1, 0.15) is 6.61 Å². The topological polar surface area (TPSA) is 29.5 Å². The number of carbonyl (C=O) groups is 1. The van der Waals surface area contributed by atoms with Crippen molar-refractivity contribution in [3.63, 3.8) is 0 Å². The molecule has 1 aromatic rings. The van der Waals surface area contributed by atoms with E-state index in [4.69, 9.17) is 4.74 Å². The number of likely N-dealkylation sites (tertiary alicyclic amines) is 1. The van der Waals surface area contributed by atoms with Crippen LogP contribution in [0, 0.1) is 0 Å². The van der Waals surface area contributed by atoms with Crippen molar-refractivity contribution in [1.29, 1.82) is 0 Å². The number of esters is 1. The van der Waals surface area contributed by atoms with Gasteiger partial charge in [0, 0.05) is 12.5 Å². The second-order valence-electron chi connectivity index (χ2n) is 5.15. The van der Waals surface area contributed by atoms with E-state index in [0.717, 1.165) is 25.9 Å². The quantitative estimate of drug-likeness (QED) is 0.719. The molecule has 4 heteroatoms. The van der Waals surface area contributed by atoms with Gasteiger partial charge in [0.25, 0.3) is 0 Å². The van der Waals surface area contributed by atoms with E-state index < -0.39 is 0 Å². The number of carbonyl (C=O) groups excluding carboxylic acids is 1. The molecule has 3 nitrogen and oxygen atoms in total. The van der Waals surface area contributed by atoms with Crippen molar-refractivity contribution in [3.05, 3.63) is 22.4 Å². The standard InChI is InChI=1S/C15H23NO2S/c1-2-8-16-9-3-4-14(16)11-18-15(17)6-5-13-7-10-19-12-13/h7,10,12,14H,2-6,8-9,11H2,1H3. The summed E-state index contributed by atoms with van der Waals surface area (Å²) < 4.78 is 5.42. The highest BCUT2D eigenvalue weighted by Crippen LogP contribution is 2.18. The Morgan fingerprint density at radius 2 is 2.47 bits per heavy atom. The van der Waals surface area contributed by atoms with Crippen molar-refractivity contribution >= 4 is 17.3 Å². The number of rotatable bonds is 7. The molecular weight excluding hydrogens is 258 g/mol. The van der Waals surface area contributed by atoms with Crippen molar-refractivity contribution < 1.29 is 9.53 Å². The zero-order valence-electron chi connectivity index (χ0n) is 11.6. The fraction of sp³-hybridized carbons (Fsp3) is 0.667. The lowest BCUT2D eigenvalue weighted by molar-refractivity contribution is -0.145. The molecule has 0 aliphatic carbocycles. The van der Waals surface area contributed by atoms with E-state index in [1.165, 1.54) is 18.4 Å². The van der Waals surface area contributed by atoms with E-state index in [-0.39, 0.29) is 5.97 Å². The van der Waals surface area contributed by atoms with Gasteiger partial charge in [0.2, 0.25) is 0 Å². The minimum Gasteiger partial charge on any atom is -0.464 e. The number of hydrogen-bond acceptors (Lipinski definition) is 4. The third-order valence-corrected chi connectivity index (χ3v) is 4.38. The minimum atomic E-state index is -0.0606. The normalized spacial score (nSPS) is 19.7. The van der Waals surface area contributed by atoms with Crippen molar-refractivity contribution in [2.45, 2.75) is 45.1 Å².